The minimum atomic E-state index is -0.536. The van der Waals surface area contributed by atoms with E-state index in [0.717, 1.165) is 0 Å². The summed E-state index contributed by atoms with van der Waals surface area (Å²) in [6, 6.07) is 8.77. The van der Waals surface area contributed by atoms with Crippen molar-refractivity contribution < 1.29 is 14.3 Å². The third kappa shape index (κ3) is 3.46. The average Bonchev–Trinajstić information content (AvgIpc) is 2.48. The molecule has 0 N–H and O–H groups in total. The van der Waals surface area contributed by atoms with Crippen LogP contribution in [0.1, 0.15) is 12.5 Å². The molecule has 0 saturated carbocycles. The first-order chi connectivity index (χ1) is 9.20. The number of nitrogens with zero attached hydrogens (tertiary/aromatic N) is 2. The lowest BCUT2D eigenvalue weighted by Crippen LogP contribution is -2.46. The summed E-state index contributed by atoms with van der Waals surface area (Å²) >= 11 is 0. The van der Waals surface area contributed by atoms with Crippen LogP contribution in [0.2, 0.25) is 0 Å². The molecule has 1 aromatic rings. The second kappa shape index (κ2) is 6.21. The summed E-state index contributed by atoms with van der Waals surface area (Å²) in [4.78, 5) is 13.9. The van der Waals surface area contributed by atoms with Gasteiger partial charge in [-0.25, -0.2) is 0 Å². The normalized spacial score (nSPS) is 16.5. The van der Waals surface area contributed by atoms with Gasteiger partial charge < -0.3 is 14.4 Å². The van der Waals surface area contributed by atoms with E-state index < -0.39 is 6.10 Å². The molecule has 0 aromatic heterocycles. The summed E-state index contributed by atoms with van der Waals surface area (Å²) in [6.45, 7) is 4.11. The third-order valence-electron chi connectivity index (χ3n) is 2.97. The Labute approximate surface area is 112 Å². The number of amides is 1. The summed E-state index contributed by atoms with van der Waals surface area (Å²) in [7, 11) is 0. The maximum absolute atomic E-state index is 12.1. The van der Waals surface area contributed by atoms with Crippen LogP contribution in [0.15, 0.2) is 24.3 Å². The fourth-order valence-corrected chi connectivity index (χ4v) is 1.90. The lowest BCUT2D eigenvalue weighted by atomic mass is 10.2. The van der Waals surface area contributed by atoms with Gasteiger partial charge in [0.1, 0.15) is 5.75 Å². The number of hydrogen-bond donors (Lipinski definition) is 0. The Morgan fingerprint density at radius 2 is 2.00 bits per heavy atom. The van der Waals surface area contributed by atoms with Gasteiger partial charge in [0.15, 0.2) is 6.10 Å². The first-order valence-corrected chi connectivity index (χ1v) is 6.24. The molecule has 1 amide bonds. The summed E-state index contributed by atoms with van der Waals surface area (Å²) in [5, 5.41) is 8.71. The van der Waals surface area contributed by atoms with Crippen molar-refractivity contribution >= 4 is 5.91 Å². The molecule has 0 unspecified atom stereocenters. The van der Waals surface area contributed by atoms with E-state index in [1.54, 1.807) is 36.1 Å². The Morgan fingerprint density at radius 1 is 1.37 bits per heavy atom. The largest absolute Gasteiger partial charge is 0.481 e. The van der Waals surface area contributed by atoms with Gasteiger partial charge in [0.25, 0.3) is 5.91 Å². The zero-order valence-electron chi connectivity index (χ0n) is 10.8. The van der Waals surface area contributed by atoms with Crippen LogP contribution in [0.4, 0.5) is 0 Å². The van der Waals surface area contributed by atoms with Crippen LogP contribution in [0.3, 0.4) is 0 Å². The summed E-state index contributed by atoms with van der Waals surface area (Å²) in [5.41, 5.74) is 0.569. The molecule has 2 rings (SSSR count). The highest BCUT2D eigenvalue weighted by Gasteiger charge is 2.23. The Kier molecular flexibility index (Phi) is 4.37. The molecule has 1 aromatic carbocycles. The standard InChI is InChI=1S/C14H16N2O3/c1-11(14(17)16-6-8-18-9-7-16)19-13-4-2-12(10-15)3-5-13/h2-5,11H,6-9H2,1H3/t11-/m1/s1. The predicted octanol–water partition coefficient (Wildman–Crippen LogP) is 1.18. The van der Waals surface area contributed by atoms with Gasteiger partial charge in [0.05, 0.1) is 24.8 Å². The van der Waals surface area contributed by atoms with Gasteiger partial charge in [-0.15, -0.1) is 0 Å². The zero-order valence-corrected chi connectivity index (χ0v) is 10.8. The van der Waals surface area contributed by atoms with E-state index >= 15 is 0 Å². The fourth-order valence-electron chi connectivity index (χ4n) is 1.90. The van der Waals surface area contributed by atoms with Crippen molar-refractivity contribution in [2.45, 2.75) is 13.0 Å². The van der Waals surface area contributed by atoms with Crippen molar-refractivity contribution in [3.8, 4) is 11.8 Å². The molecular formula is C14H16N2O3. The number of morpholine rings is 1. The number of benzene rings is 1. The molecule has 0 aliphatic carbocycles. The minimum absolute atomic E-state index is 0.0346. The molecule has 19 heavy (non-hydrogen) atoms. The molecule has 0 bridgehead atoms. The van der Waals surface area contributed by atoms with Crippen molar-refractivity contribution in [2.75, 3.05) is 26.3 Å². The summed E-state index contributed by atoms with van der Waals surface area (Å²) in [6.07, 6.45) is -0.536. The molecule has 0 spiro atoms. The van der Waals surface area contributed by atoms with Crippen LogP contribution in [0.5, 0.6) is 5.75 Å². The Balaban J connectivity index is 1.93. The average molecular weight is 260 g/mol. The van der Waals surface area contributed by atoms with E-state index in [2.05, 4.69) is 0 Å². The second-order valence-corrected chi connectivity index (χ2v) is 4.33. The van der Waals surface area contributed by atoms with Crippen LogP contribution < -0.4 is 4.74 Å². The van der Waals surface area contributed by atoms with Crippen LogP contribution in [0.25, 0.3) is 0 Å². The van der Waals surface area contributed by atoms with Crippen molar-refractivity contribution in [1.82, 2.24) is 4.90 Å². The van der Waals surface area contributed by atoms with Gasteiger partial charge in [-0.05, 0) is 31.2 Å². The van der Waals surface area contributed by atoms with Crippen molar-refractivity contribution in [3.05, 3.63) is 29.8 Å². The highest BCUT2D eigenvalue weighted by Crippen LogP contribution is 2.14. The lowest BCUT2D eigenvalue weighted by Gasteiger charge is -2.29. The van der Waals surface area contributed by atoms with Gasteiger partial charge >= 0.3 is 0 Å². The highest BCUT2D eigenvalue weighted by molar-refractivity contribution is 5.81. The second-order valence-electron chi connectivity index (χ2n) is 4.33. The number of nitriles is 1. The summed E-state index contributed by atoms with van der Waals surface area (Å²) < 4.78 is 10.8. The molecule has 100 valence electrons. The van der Waals surface area contributed by atoms with Crippen LogP contribution in [-0.2, 0) is 9.53 Å². The SMILES string of the molecule is C[C@@H](Oc1ccc(C#N)cc1)C(=O)N1CCOCC1. The van der Waals surface area contributed by atoms with Gasteiger partial charge in [-0.2, -0.15) is 5.26 Å². The van der Waals surface area contributed by atoms with Crippen LogP contribution in [-0.4, -0.2) is 43.2 Å². The molecule has 1 heterocycles. The molecule has 1 atom stereocenters. The number of ether oxygens (including phenoxy) is 2. The smallest absolute Gasteiger partial charge is 0.263 e. The van der Waals surface area contributed by atoms with Gasteiger partial charge in [-0.3, -0.25) is 4.79 Å². The highest BCUT2D eigenvalue weighted by atomic mass is 16.5. The quantitative estimate of drug-likeness (QED) is 0.818. The topological polar surface area (TPSA) is 62.6 Å². The number of carbonyl (C=O) groups excluding carboxylic acids is 1. The minimum Gasteiger partial charge on any atom is -0.481 e. The van der Waals surface area contributed by atoms with E-state index in [9.17, 15) is 4.79 Å². The molecule has 5 heteroatoms. The first kappa shape index (κ1) is 13.4. The lowest BCUT2D eigenvalue weighted by molar-refractivity contribution is -0.142. The molecule has 1 fully saturated rings. The number of carbonyl (C=O) groups is 1. The molecule has 1 aliphatic rings. The van der Waals surface area contributed by atoms with E-state index in [-0.39, 0.29) is 5.91 Å². The molecule has 1 aliphatic heterocycles. The molecule has 5 nitrogen and oxygen atoms in total. The summed E-state index contributed by atoms with van der Waals surface area (Å²) in [5.74, 6) is 0.556. The maximum Gasteiger partial charge on any atom is 0.263 e. The Morgan fingerprint density at radius 3 is 2.58 bits per heavy atom. The van der Waals surface area contributed by atoms with Gasteiger partial charge in [0.2, 0.25) is 0 Å². The van der Waals surface area contributed by atoms with E-state index in [4.69, 9.17) is 14.7 Å². The van der Waals surface area contributed by atoms with Crippen LogP contribution in [0, 0.1) is 11.3 Å². The number of hydrogen-bond acceptors (Lipinski definition) is 4. The molecule has 0 radical (unpaired) electrons. The third-order valence-corrected chi connectivity index (χ3v) is 2.97. The van der Waals surface area contributed by atoms with Crippen LogP contribution >= 0.6 is 0 Å². The van der Waals surface area contributed by atoms with E-state index in [1.165, 1.54) is 0 Å². The van der Waals surface area contributed by atoms with Crippen molar-refractivity contribution in [2.24, 2.45) is 0 Å². The zero-order chi connectivity index (χ0) is 13.7. The van der Waals surface area contributed by atoms with E-state index in [0.29, 0.717) is 37.6 Å². The fraction of sp³-hybridized carbons (Fsp3) is 0.429. The van der Waals surface area contributed by atoms with Gasteiger partial charge in [-0.1, -0.05) is 0 Å². The van der Waals surface area contributed by atoms with Gasteiger partial charge in [0, 0.05) is 13.1 Å². The monoisotopic (exact) mass is 260 g/mol. The van der Waals surface area contributed by atoms with Crippen molar-refractivity contribution in [1.29, 1.82) is 5.26 Å². The number of rotatable bonds is 3. The molecule has 1 saturated heterocycles. The predicted molar refractivity (Wildman–Crippen MR) is 68.6 cm³/mol. The molecular weight excluding hydrogens is 244 g/mol. The van der Waals surface area contributed by atoms with Crippen molar-refractivity contribution in [3.63, 3.8) is 0 Å². The Hall–Kier alpha value is -2.06. The first-order valence-electron chi connectivity index (χ1n) is 6.24. The Bertz CT molecular complexity index is 472. The van der Waals surface area contributed by atoms with E-state index in [1.807, 2.05) is 6.07 Å². The maximum atomic E-state index is 12.1.